The third-order valence-electron chi connectivity index (χ3n) is 5.86. The maximum Gasteiger partial charge on any atom is 0.0327 e. The van der Waals surface area contributed by atoms with Crippen LogP contribution in [0.15, 0.2) is 30.3 Å². The van der Waals surface area contributed by atoms with Gasteiger partial charge >= 0.3 is 0 Å². The molecule has 0 unspecified atom stereocenters. The lowest BCUT2D eigenvalue weighted by atomic mass is 9.75. The zero-order valence-corrected chi connectivity index (χ0v) is 13.6. The Kier molecular flexibility index (Phi) is 4.66. The van der Waals surface area contributed by atoms with Crippen molar-refractivity contribution in [1.82, 2.24) is 10.2 Å². The van der Waals surface area contributed by atoms with Gasteiger partial charge in [0.05, 0.1) is 0 Å². The first-order valence-corrected chi connectivity index (χ1v) is 8.65. The third kappa shape index (κ3) is 3.32. The van der Waals surface area contributed by atoms with E-state index in [0.29, 0.717) is 5.54 Å². The fourth-order valence-corrected chi connectivity index (χ4v) is 4.11. The van der Waals surface area contributed by atoms with Crippen molar-refractivity contribution >= 4 is 0 Å². The molecule has 0 radical (unpaired) electrons. The molecule has 0 heterocycles. The number of hydrogen-bond donors (Lipinski definition) is 1. The monoisotopic (exact) mass is 286 g/mol. The Morgan fingerprint density at radius 1 is 1.05 bits per heavy atom. The largest absolute Gasteiger partial charge is 0.312 e. The predicted octanol–water partition coefficient (Wildman–Crippen LogP) is 3.79. The predicted molar refractivity (Wildman–Crippen MR) is 89.7 cm³/mol. The summed E-state index contributed by atoms with van der Waals surface area (Å²) in [6.07, 6.45) is 9.58. The summed E-state index contributed by atoms with van der Waals surface area (Å²) < 4.78 is 0. The van der Waals surface area contributed by atoms with Crippen molar-refractivity contribution in [3.05, 3.63) is 35.9 Å². The number of rotatable bonds is 5. The van der Waals surface area contributed by atoms with E-state index in [1.54, 1.807) is 0 Å². The summed E-state index contributed by atoms with van der Waals surface area (Å²) in [6.45, 7) is 1.17. The zero-order valence-electron chi connectivity index (χ0n) is 13.6. The Hall–Kier alpha value is -0.860. The van der Waals surface area contributed by atoms with E-state index in [1.807, 2.05) is 0 Å². The summed E-state index contributed by atoms with van der Waals surface area (Å²) in [5.74, 6) is 0.783. The van der Waals surface area contributed by atoms with Crippen LogP contribution in [0.4, 0.5) is 0 Å². The van der Waals surface area contributed by atoms with Crippen LogP contribution in [0.3, 0.4) is 0 Å². The summed E-state index contributed by atoms with van der Waals surface area (Å²) in [7, 11) is 4.53. The topological polar surface area (TPSA) is 15.3 Å². The Bertz CT molecular complexity index is 428. The van der Waals surface area contributed by atoms with Gasteiger partial charge in [0.1, 0.15) is 0 Å². The van der Waals surface area contributed by atoms with Gasteiger partial charge in [0, 0.05) is 18.1 Å². The quantitative estimate of drug-likeness (QED) is 0.886. The molecule has 0 amide bonds. The molecule has 2 aliphatic rings. The molecule has 116 valence electrons. The van der Waals surface area contributed by atoms with Gasteiger partial charge < -0.3 is 10.2 Å². The standard InChI is InChI=1S/C19H30N2/c1-21(2)19(11-7-4-8-12-19)15-20-18-13-17(14-18)16-9-5-3-6-10-16/h3,5-6,9-10,17-18,20H,4,7-8,11-15H2,1-2H3. The Morgan fingerprint density at radius 3 is 2.33 bits per heavy atom. The molecule has 1 aromatic carbocycles. The van der Waals surface area contributed by atoms with Gasteiger partial charge in [-0.1, -0.05) is 49.6 Å². The number of nitrogens with zero attached hydrogens (tertiary/aromatic N) is 1. The van der Waals surface area contributed by atoms with E-state index in [4.69, 9.17) is 0 Å². The average molecular weight is 286 g/mol. The van der Waals surface area contributed by atoms with Crippen LogP contribution in [0, 0.1) is 0 Å². The van der Waals surface area contributed by atoms with Crippen molar-refractivity contribution in [2.75, 3.05) is 20.6 Å². The van der Waals surface area contributed by atoms with Crippen molar-refractivity contribution in [1.29, 1.82) is 0 Å². The molecule has 2 nitrogen and oxygen atoms in total. The second-order valence-corrected chi connectivity index (χ2v) is 7.34. The minimum Gasteiger partial charge on any atom is -0.312 e. The lowest BCUT2D eigenvalue weighted by Gasteiger charge is -2.46. The van der Waals surface area contributed by atoms with Crippen LogP contribution in [0.25, 0.3) is 0 Å². The van der Waals surface area contributed by atoms with Crippen LogP contribution in [0.2, 0.25) is 0 Å². The molecule has 0 saturated heterocycles. The van der Waals surface area contributed by atoms with Crippen LogP contribution < -0.4 is 5.32 Å². The van der Waals surface area contributed by atoms with Crippen molar-refractivity contribution in [3.8, 4) is 0 Å². The third-order valence-corrected chi connectivity index (χ3v) is 5.86. The second-order valence-electron chi connectivity index (χ2n) is 7.34. The molecule has 0 aromatic heterocycles. The number of nitrogens with one attached hydrogen (secondary N) is 1. The molecule has 1 aromatic rings. The first-order chi connectivity index (χ1) is 10.2. The zero-order chi connectivity index (χ0) is 14.7. The molecule has 21 heavy (non-hydrogen) atoms. The molecule has 0 atom stereocenters. The highest BCUT2D eigenvalue weighted by Crippen LogP contribution is 2.38. The summed E-state index contributed by atoms with van der Waals surface area (Å²) in [6, 6.07) is 11.7. The first-order valence-electron chi connectivity index (χ1n) is 8.65. The lowest BCUT2D eigenvalue weighted by molar-refractivity contribution is 0.0888. The van der Waals surface area contributed by atoms with E-state index in [-0.39, 0.29) is 0 Å². The van der Waals surface area contributed by atoms with Crippen molar-refractivity contribution in [2.24, 2.45) is 0 Å². The van der Waals surface area contributed by atoms with Crippen LogP contribution in [0.1, 0.15) is 56.4 Å². The molecular weight excluding hydrogens is 256 g/mol. The van der Waals surface area contributed by atoms with E-state index >= 15 is 0 Å². The number of benzene rings is 1. The van der Waals surface area contributed by atoms with Crippen molar-refractivity contribution in [2.45, 2.75) is 62.4 Å². The fraction of sp³-hybridized carbons (Fsp3) is 0.684. The molecule has 1 N–H and O–H groups in total. The van der Waals surface area contributed by atoms with Crippen LogP contribution in [-0.4, -0.2) is 37.1 Å². The summed E-state index contributed by atoms with van der Waals surface area (Å²) in [5, 5.41) is 3.87. The molecule has 2 aliphatic carbocycles. The van der Waals surface area contributed by atoms with Gasteiger partial charge in [-0.2, -0.15) is 0 Å². The van der Waals surface area contributed by atoms with E-state index in [2.05, 4.69) is 54.6 Å². The van der Waals surface area contributed by atoms with Gasteiger partial charge in [-0.25, -0.2) is 0 Å². The van der Waals surface area contributed by atoms with E-state index in [0.717, 1.165) is 12.0 Å². The van der Waals surface area contributed by atoms with Crippen LogP contribution in [0.5, 0.6) is 0 Å². The lowest BCUT2D eigenvalue weighted by Crippen LogP contribution is -2.56. The van der Waals surface area contributed by atoms with E-state index in [1.165, 1.54) is 57.1 Å². The summed E-state index contributed by atoms with van der Waals surface area (Å²) in [4.78, 5) is 2.48. The van der Waals surface area contributed by atoms with Gasteiger partial charge in [0.15, 0.2) is 0 Å². The minimum absolute atomic E-state index is 0.413. The normalized spacial score (nSPS) is 28.3. The average Bonchev–Trinajstić information content (AvgIpc) is 2.47. The SMILES string of the molecule is CN(C)C1(CNC2CC(c3ccccc3)C2)CCCCC1. The molecule has 0 bridgehead atoms. The second kappa shape index (κ2) is 6.50. The smallest absolute Gasteiger partial charge is 0.0327 e. The number of hydrogen-bond acceptors (Lipinski definition) is 2. The summed E-state index contributed by atoms with van der Waals surface area (Å²) >= 11 is 0. The molecule has 0 aliphatic heterocycles. The van der Waals surface area contributed by atoms with Gasteiger partial charge in [0.25, 0.3) is 0 Å². The van der Waals surface area contributed by atoms with E-state index in [9.17, 15) is 0 Å². The first kappa shape index (κ1) is 15.1. The maximum absolute atomic E-state index is 3.87. The highest BCUT2D eigenvalue weighted by atomic mass is 15.2. The fourth-order valence-electron chi connectivity index (χ4n) is 4.11. The van der Waals surface area contributed by atoms with Crippen LogP contribution >= 0.6 is 0 Å². The summed E-state index contributed by atoms with van der Waals surface area (Å²) in [5.41, 5.74) is 1.94. The molecule has 3 rings (SSSR count). The van der Waals surface area contributed by atoms with Gasteiger partial charge in [-0.15, -0.1) is 0 Å². The van der Waals surface area contributed by atoms with E-state index < -0.39 is 0 Å². The maximum atomic E-state index is 3.87. The molecule has 2 saturated carbocycles. The van der Waals surface area contributed by atoms with Gasteiger partial charge in [-0.3, -0.25) is 0 Å². The minimum atomic E-state index is 0.413. The number of likely N-dealkylation sites (N-methyl/N-ethyl adjacent to an activating group) is 1. The highest BCUT2D eigenvalue weighted by Gasteiger charge is 2.36. The van der Waals surface area contributed by atoms with Crippen LogP contribution in [-0.2, 0) is 0 Å². The Morgan fingerprint density at radius 2 is 1.71 bits per heavy atom. The van der Waals surface area contributed by atoms with Crippen molar-refractivity contribution in [3.63, 3.8) is 0 Å². The molecular formula is C19H30N2. The highest BCUT2D eigenvalue weighted by molar-refractivity contribution is 5.22. The Balaban J connectivity index is 1.48. The van der Waals surface area contributed by atoms with Gasteiger partial charge in [-0.05, 0) is 51.3 Å². The molecule has 0 spiro atoms. The Labute approximate surface area is 129 Å². The van der Waals surface area contributed by atoms with Crippen molar-refractivity contribution < 1.29 is 0 Å². The molecule has 2 heteroatoms. The molecule has 2 fully saturated rings. The van der Waals surface area contributed by atoms with Gasteiger partial charge in [0.2, 0.25) is 0 Å².